The van der Waals surface area contributed by atoms with Crippen molar-refractivity contribution in [2.24, 2.45) is 5.92 Å². The van der Waals surface area contributed by atoms with Crippen LogP contribution < -0.4 is 18.9 Å². The molecule has 0 aromatic heterocycles. The van der Waals surface area contributed by atoms with Crippen molar-refractivity contribution in [2.75, 3.05) is 20.8 Å². The Kier molecular flexibility index (Phi) is 3.10. The molecule has 4 heteroatoms. The van der Waals surface area contributed by atoms with Crippen molar-refractivity contribution in [3.8, 4) is 23.0 Å². The first-order valence-corrected chi connectivity index (χ1v) is 7.43. The van der Waals surface area contributed by atoms with Crippen LogP contribution in [0.2, 0.25) is 0 Å². The van der Waals surface area contributed by atoms with Crippen LogP contribution in [0, 0.1) is 5.92 Å². The summed E-state index contributed by atoms with van der Waals surface area (Å²) in [5.74, 6) is 3.78. The van der Waals surface area contributed by atoms with Crippen molar-refractivity contribution in [1.29, 1.82) is 0 Å². The molecule has 2 heterocycles. The minimum absolute atomic E-state index is 0.0375. The SMILES string of the molecule is COc1ccc2c(c1)CC1COc3cc(OC)ccc3C1O2. The molecule has 0 radical (unpaired) electrons. The standard InChI is InChI=1S/C18H18O4/c1-19-13-4-6-16-11(8-13)7-12-10-21-17-9-14(20-2)3-5-15(17)18(12)22-16/h3-6,8-9,12,18H,7,10H2,1-2H3. The molecule has 114 valence electrons. The maximum atomic E-state index is 6.26. The molecule has 0 saturated heterocycles. The summed E-state index contributed by atoms with van der Waals surface area (Å²) in [7, 11) is 3.34. The summed E-state index contributed by atoms with van der Waals surface area (Å²) in [6.45, 7) is 0.654. The highest BCUT2D eigenvalue weighted by Crippen LogP contribution is 2.46. The van der Waals surface area contributed by atoms with Gasteiger partial charge in [0.05, 0.1) is 20.8 Å². The first kappa shape index (κ1) is 13.3. The summed E-state index contributed by atoms with van der Waals surface area (Å²) in [4.78, 5) is 0. The zero-order valence-corrected chi connectivity index (χ0v) is 12.7. The fraction of sp³-hybridized carbons (Fsp3) is 0.333. The van der Waals surface area contributed by atoms with Crippen molar-refractivity contribution in [1.82, 2.24) is 0 Å². The Morgan fingerprint density at radius 1 is 0.955 bits per heavy atom. The Morgan fingerprint density at radius 2 is 1.73 bits per heavy atom. The van der Waals surface area contributed by atoms with Crippen molar-refractivity contribution in [3.05, 3.63) is 47.5 Å². The number of hydrogen-bond donors (Lipinski definition) is 0. The Balaban J connectivity index is 1.70. The largest absolute Gasteiger partial charge is 0.497 e. The topological polar surface area (TPSA) is 36.9 Å². The second kappa shape index (κ2) is 5.13. The lowest BCUT2D eigenvalue weighted by Gasteiger charge is -2.38. The van der Waals surface area contributed by atoms with Crippen LogP contribution in [0.25, 0.3) is 0 Å². The molecule has 0 saturated carbocycles. The monoisotopic (exact) mass is 298 g/mol. The van der Waals surface area contributed by atoms with E-state index in [1.165, 1.54) is 5.56 Å². The number of methoxy groups -OCH3 is 2. The third-order valence-electron chi connectivity index (χ3n) is 4.41. The van der Waals surface area contributed by atoms with E-state index >= 15 is 0 Å². The van der Waals surface area contributed by atoms with Crippen molar-refractivity contribution < 1.29 is 18.9 Å². The quantitative estimate of drug-likeness (QED) is 0.851. The molecule has 4 nitrogen and oxygen atoms in total. The molecule has 0 N–H and O–H groups in total. The van der Waals surface area contributed by atoms with E-state index < -0.39 is 0 Å². The van der Waals surface area contributed by atoms with E-state index in [1.807, 2.05) is 30.3 Å². The number of fused-ring (bicyclic) bond motifs is 4. The molecule has 4 rings (SSSR count). The molecule has 2 aromatic carbocycles. The third-order valence-corrected chi connectivity index (χ3v) is 4.41. The highest BCUT2D eigenvalue weighted by atomic mass is 16.5. The van der Waals surface area contributed by atoms with Gasteiger partial charge in [-0.25, -0.2) is 0 Å². The van der Waals surface area contributed by atoms with Gasteiger partial charge in [0.1, 0.15) is 29.1 Å². The minimum Gasteiger partial charge on any atom is -0.497 e. The first-order chi connectivity index (χ1) is 10.8. The van der Waals surface area contributed by atoms with Crippen LogP contribution in [0.3, 0.4) is 0 Å². The lowest BCUT2D eigenvalue weighted by atomic mass is 9.85. The summed E-state index contributed by atoms with van der Waals surface area (Å²) < 4.78 is 22.7. The van der Waals surface area contributed by atoms with Gasteiger partial charge < -0.3 is 18.9 Å². The fourth-order valence-electron chi connectivity index (χ4n) is 3.24. The van der Waals surface area contributed by atoms with Gasteiger partial charge in [-0.15, -0.1) is 0 Å². The summed E-state index contributed by atoms with van der Waals surface area (Å²) >= 11 is 0. The zero-order chi connectivity index (χ0) is 15.1. The van der Waals surface area contributed by atoms with Gasteiger partial charge in [0.2, 0.25) is 0 Å². The predicted octanol–water partition coefficient (Wildman–Crippen LogP) is 3.39. The molecule has 0 fully saturated rings. The fourth-order valence-corrected chi connectivity index (χ4v) is 3.24. The van der Waals surface area contributed by atoms with E-state index in [1.54, 1.807) is 14.2 Å². The third kappa shape index (κ3) is 2.06. The average Bonchev–Trinajstić information content (AvgIpc) is 2.58. The van der Waals surface area contributed by atoms with Crippen molar-refractivity contribution in [3.63, 3.8) is 0 Å². The van der Waals surface area contributed by atoms with Gasteiger partial charge in [-0.2, -0.15) is 0 Å². The molecule has 2 aromatic rings. The lowest BCUT2D eigenvalue weighted by Crippen LogP contribution is -2.34. The number of ether oxygens (including phenoxy) is 4. The van der Waals surface area contributed by atoms with E-state index in [0.717, 1.165) is 35.0 Å². The van der Waals surface area contributed by atoms with Gasteiger partial charge in [0, 0.05) is 17.5 Å². The molecule has 0 aliphatic carbocycles. The van der Waals surface area contributed by atoms with Gasteiger partial charge in [-0.05, 0) is 42.3 Å². The summed E-state index contributed by atoms with van der Waals surface area (Å²) in [6.07, 6.45) is 0.971. The highest BCUT2D eigenvalue weighted by molar-refractivity contribution is 5.47. The van der Waals surface area contributed by atoms with Crippen molar-refractivity contribution >= 4 is 0 Å². The second-order valence-electron chi connectivity index (χ2n) is 5.69. The molecule has 0 amide bonds. The van der Waals surface area contributed by atoms with Crippen LogP contribution in [0.4, 0.5) is 0 Å². The molecule has 2 atom stereocenters. The van der Waals surface area contributed by atoms with Gasteiger partial charge in [-0.1, -0.05) is 0 Å². The highest BCUT2D eigenvalue weighted by Gasteiger charge is 2.37. The van der Waals surface area contributed by atoms with Gasteiger partial charge in [0.25, 0.3) is 0 Å². The molecule has 2 aliphatic rings. The van der Waals surface area contributed by atoms with Gasteiger partial charge in [-0.3, -0.25) is 0 Å². The Morgan fingerprint density at radius 3 is 2.55 bits per heavy atom. The van der Waals surface area contributed by atoms with E-state index in [-0.39, 0.29) is 6.10 Å². The predicted molar refractivity (Wildman–Crippen MR) is 82.0 cm³/mol. The first-order valence-electron chi connectivity index (χ1n) is 7.43. The summed E-state index contributed by atoms with van der Waals surface area (Å²) in [6, 6.07) is 11.9. The minimum atomic E-state index is 0.0375. The Labute approximate surface area is 129 Å². The molecule has 0 spiro atoms. The summed E-state index contributed by atoms with van der Waals surface area (Å²) in [5.41, 5.74) is 2.28. The second-order valence-corrected chi connectivity index (χ2v) is 5.69. The summed E-state index contributed by atoms with van der Waals surface area (Å²) in [5, 5.41) is 0. The zero-order valence-electron chi connectivity index (χ0n) is 12.7. The van der Waals surface area contributed by atoms with Crippen LogP contribution in [0.15, 0.2) is 36.4 Å². The number of hydrogen-bond acceptors (Lipinski definition) is 4. The van der Waals surface area contributed by atoms with Crippen LogP contribution >= 0.6 is 0 Å². The molecular formula is C18H18O4. The Bertz CT molecular complexity index is 710. The number of benzene rings is 2. The van der Waals surface area contributed by atoms with E-state index in [2.05, 4.69) is 6.07 Å². The molecular weight excluding hydrogens is 280 g/mol. The van der Waals surface area contributed by atoms with E-state index in [0.29, 0.717) is 12.5 Å². The average molecular weight is 298 g/mol. The molecule has 2 unspecified atom stereocenters. The van der Waals surface area contributed by atoms with Gasteiger partial charge >= 0.3 is 0 Å². The van der Waals surface area contributed by atoms with Gasteiger partial charge in [0.15, 0.2) is 0 Å². The van der Waals surface area contributed by atoms with Crippen LogP contribution in [-0.2, 0) is 6.42 Å². The molecule has 22 heavy (non-hydrogen) atoms. The maximum Gasteiger partial charge on any atom is 0.134 e. The van der Waals surface area contributed by atoms with Crippen LogP contribution in [0.5, 0.6) is 23.0 Å². The van der Waals surface area contributed by atoms with E-state index in [4.69, 9.17) is 18.9 Å². The maximum absolute atomic E-state index is 6.26. The number of rotatable bonds is 2. The molecule has 2 aliphatic heterocycles. The molecule has 0 bridgehead atoms. The smallest absolute Gasteiger partial charge is 0.134 e. The van der Waals surface area contributed by atoms with E-state index in [9.17, 15) is 0 Å². The lowest BCUT2D eigenvalue weighted by molar-refractivity contribution is 0.0540. The normalized spacial score (nSPS) is 21.5. The van der Waals surface area contributed by atoms with Crippen LogP contribution in [-0.4, -0.2) is 20.8 Å². The van der Waals surface area contributed by atoms with Crippen LogP contribution in [0.1, 0.15) is 17.2 Å². The van der Waals surface area contributed by atoms with Crippen molar-refractivity contribution in [2.45, 2.75) is 12.5 Å². The Hall–Kier alpha value is -2.36.